The average Bonchev–Trinajstić information content (AvgIpc) is 2.63. The molecule has 22 heteroatoms. The molecule has 1 N–H and O–H groups in total. The van der Waals surface area contributed by atoms with Crippen LogP contribution in [0, 0.1) is 0 Å². The quantitative estimate of drug-likeness (QED) is 0.277. The molecular formula is C11H6F18O3S. The fourth-order valence-electron chi connectivity index (χ4n) is 1.80. The van der Waals surface area contributed by atoms with Crippen molar-refractivity contribution < 1.29 is 92.0 Å². The summed E-state index contributed by atoms with van der Waals surface area (Å²) in [6.07, 6.45) is -25.4. The zero-order chi connectivity index (χ0) is 27.4. The van der Waals surface area contributed by atoms with Crippen molar-refractivity contribution in [3.05, 3.63) is 0 Å². The molecule has 0 aliphatic carbocycles. The van der Waals surface area contributed by atoms with Crippen molar-refractivity contribution in [2.24, 2.45) is 0 Å². The van der Waals surface area contributed by atoms with E-state index >= 15 is 0 Å². The SMILES string of the molecule is O=S(=O)(O)C(F)(F)C(F)(F)C(F)(F)C(F)(F)C(F)(F)C(F)(F)C(F)C(F)C(F)C(F)C(F)F. The maximum absolute atomic E-state index is 13.4. The van der Waals surface area contributed by atoms with Gasteiger partial charge in [0.1, 0.15) is 0 Å². The van der Waals surface area contributed by atoms with Crippen LogP contribution in [0.4, 0.5) is 79.0 Å². The topological polar surface area (TPSA) is 54.4 Å². The lowest BCUT2D eigenvalue weighted by Crippen LogP contribution is -2.73. The molecule has 0 fully saturated rings. The molecule has 0 aromatic rings. The van der Waals surface area contributed by atoms with Crippen molar-refractivity contribution in [2.75, 3.05) is 0 Å². The summed E-state index contributed by atoms with van der Waals surface area (Å²) in [7, 11) is -7.87. The summed E-state index contributed by atoms with van der Waals surface area (Å²) in [6.45, 7) is 0. The van der Waals surface area contributed by atoms with Crippen LogP contribution in [-0.2, 0) is 10.1 Å². The van der Waals surface area contributed by atoms with Gasteiger partial charge in [0.15, 0.2) is 18.5 Å². The van der Waals surface area contributed by atoms with Gasteiger partial charge in [-0.2, -0.15) is 61.1 Å². The highest BCUT2D eigenvalue weighted by Crippen LogP contribution is 2.61. The van der Waals surface area contributed by atoms with Crippen molar-refractivity contribution in [1.29, 1.82) is 0 Å². The lowest BCUT2D eigenvalue weighted by Gasteiger charge is -2.41. The summed E-state index contributed by atoms with van der Waals surface area (Å²) >= 11 is 0. The maximum Gasteiger partial charge on any atom is 0.438 e. The zero-order valence-electron chi connectivity index (χ0n) is 14.4. The molecular weight excluding hydrogens is 554 g/mol. The normalized spacial score (nSPS) is 19.4. The molecule has 3 nitrogen and oxygen atoms in total. The highest BCUT2D eigenvalue weighted by molar-refractivity contribution is 7.87. The van der Waals surface area contributed by atoms with Crippen LogP contribution >= 0.6 is 0 Å². The lowest BCUT2D eigenvalue weighted by atomic mass is 9.89. The Labute approximate surface area is 169 Å². The summed E-state index contributed by atoms with van der Waals surface area (Å²) in [5, 5.41) is -7.79. The highest BCUT2D eigenvalue weighted by Gasteiger charge is 2.93. The van der Waals surface area contributed by atoms with E-state index in [-0.39, 0.29) is 0 Å². The van der Waals surface area contributed by atoms with Gasteiger partial charge in [0.25, 0.3) is 6.43 Å². The van der Waals surface area contributed by atoms with Crippen LogP contribution in [0.2, 0.25) is 0 Å². The Morgan fingerprint density at radius 2 is 0.848 bits per heavy atom. The molecule has 0 aromatic heterocycles. The molecule has 4 atom stereocenters. The van der Waals surface area contributed by atoms with E-state index in [1.165, 1.54) is 0 Å². The van der Waals surface area contributed by atoms with Gasteiger partial charge in [-0.3, -0.25) is 4.55 Å². The van der Waals surface area contributed by atoms with Gasteiger partial charge in [0.2, 0.25) is 6.17 Å². The Morgan fingerprint density at radius 3 is 1.15 bits per heavy atom. The second-order valence-corrected chi connectivity index (χ2v) is 7.44. The van der Waals surface area contributed by atoms with E-state index < -0.39 is 76.1 Å². The summed E-state index contributed by atoms with van der Waals surface area (Å²) in [5.74, 6) is -42.0. The van der Waals surface area contributed by atoms with Crippen molar-refractivity contribution in [2.45, 2.75) is 66.0 Å². The third kappa shape index (κ3) is 4.51. The van der Waals surface area contributed by atoms with Crippen LogP contribution in [0.1, 0.15) is 0 Å². The van der Waals surface area contributed by atoms with Gasteiger partial charge in [-0.15, -0.1) is 0 Å². The summed E-state index contributed by atoms with van der Waals surface area (Å²) in [4.78, 5) is 0. The van der Waals surface area contributed by atoms with Crippen LogP contribution in [0.3, 0.4) is 0 Å². The van der Waals surface area contributed by atoms with Gasteiger partial charge in [-0.05, 0) is 0 Å². The van der Waals surface area contributed by atoms with Gasteiger partial charge in [-0.25, -0.2) is 26.3 Å². The van der Waals surface area contributed by atoms with Crippen LogP contribution in [0.15, 0.2) is 0 Å². The minimum atomic E-state index is -8.67. The molecule has 4 unspecified atom stereocenters. The van der Waals surface area contributed by atoms with E-state index in [0.29, 0.717) is 0 Å². The van der Waals surface area contributed by atoms with E-state index in [4.69, 9.17) is 4.55 Å². The highest BCUT2D eigenvalue weighted by atomic mass is 32.2. The second kappa shape index (κ2) is 8.70. The molecule has 0 bridgehead atoms. The Kier molecular flexibility index (Phi) is 8.34. The van der Waals surface area contributed by atoms with Gasteiger partial charge in [-0.1, -0.05) is 0 Å². The average molecular weight is 560 g/mol. The van der Waals surface area contributed by atoms with E-state index in [2.05, 4.69) is 0 Å². The third-order valence-electron chi connectivity index (χ3n) is 3.77. The van der Waals surface area contributed by atoms with Crippen molar-refractivity contribution >= 4 is 10.1 Å². The van der Waals surface area contributed by atoms with E-state index in [1.54, 1.807) is 0 Å². The molecule has 33 heavy (non-hydrogen) atoms. The first kappa shape index (κ1) is 31.6. The fourth-order valence-corrected chi connectivity index (χ4v) is 2.25. The molecule has 0 rings (SSSR count). The first-order chi connectivity index (χ1) is 14.1. The molecule has 0 saturated carbocycles. The predicted molar refractivity (Wildman–Crippen MR) is 66.8 cm³/mol. The second-order valence-electron chi connectivity index (χ2n) is 5.98. The number of hydrogen-bond donors (Lipinski definition) is 1. The molecule has 0 saturated heterocycles. The Balaban J connectivity index is 6.59. The standard InChI is InChI=1S/C11H6F18O3S/c12-1(3(14)5(16)17)2(13)4(15)6(18,19)7(20,21)8(22,23)9(24,25)10(26,27)11(28,29)33(30,31)32/h1-5H,(H,30,31,32). The number of halogens is 18. The summed E-state index contributed by atoms with van der Waals surface area (Å²) in [5.41, 5.74) is 0. The first-order valence-electron chi connectivity index (χ1n) is 7.17. The Hall–Kier alpha value is -1.35. The first-order valence-corrected chi connectivity index (χ1v) is 8.61. The molecule has 0 heterocycles. The predicted octanol–water partition coefficient (Wildman–Crippen LogP) is 5.26. The molecule has 0 amide bonds. The van der Waals surface area contributed by atoms with E-state index in [1.807, 2.05) is 0 Å². The monoisotopic (exact) mass is 560 g/mol. The van der Waals surface area contributed by atoms with Gasteiger partial charge >= 0.3 is 45.0 Å². The third-order valence-corrected chi connectivity index (χ3v) is 4.67. The molecule has 0 aliphatic rings. The zero-order valence-corrected chi connectivity index (χ0v) is 15.2. The number of alkyl halides is 18. The molecule has 0 aromatic carbocycles. The number of rotatable bonds is 11. The van der Waals surface area contributed by atoms with E-state index in [0.717, 1.165) is 0 Å². The van der Waals surface area contributed by atoms with Gasteiger partial charge < -0.3 is 0 Å². The number of hydrogen-bond acceptors (Lipinski definition) is 2. The van der Waals surface area contributed by atoms with Gasteiger partial charge in [0, 0.05) is 0 Å². The van der Waals surface area contributed by atoms with Crippen LogP contribution in [-0.4, -0.2) is 78.9 Å². The molecule has 0 aliphatic heterocycles. The van der Waals surface area contributed by atoms with Crippen LogP contribution in [0.25, 0.3) is 0 Å². The Morgan fingerprint density at radius 1 is 0.515 bits per heavy atom. The Bertz CT molecular complexity index is 794. The van der Waals surface area contributed by atoms with Crippen LogP contribution < -0.4 is 0 Å². The molecule has 0 radical (unpaired) electrons. The van der Waals surface area contributed by atoms with Gasteiger partial charge in [0.05, 0.1) is 0 Å². The smallest absolute Gasteiger partial charge is 0.281 e. The van der Waals surface area contributed by atoms with Crippen molar-refractivity contribution in [3.63, 3.8) is 0 Å². The van der Waals surface area contributed by atoms with Crippen LogP contribution in [0.5, 0.6) is 0 Å². The van der Waals surface area contributed by atoms with Crippen molar-refractivity contribution in [1.82, 2.24) is 0 Å². The minimum absolute atomic E-state index is 4.59. The lowest BCUT2D eigenvalue weighted by molar-refractivity contribution is -0.423. The molecule has 200 valence electrons. The largest absolute Gasteiger partial charge is 0.438 e. The fraction of sp³-hybridized carbons (Fsp3) is 1.00. The minimum Gasteiger partial charge on any atom is -0.281 e. The maximum atomic E-state index is 13.4. The van der Waals surface area contributed by atoms with E-state index in [9.17, 15) is 87.4 Å². The summed E-state index contributed by atoms with van der Waals surface area (Å²) in [6, 6.07) is 0. The van der Waals surface area contributed by atoms with Crippen molar-refractivity contribution in [3.8, 4) is 0 Å². The molecule has 0 spiro atoms. The summed E-state index contributed by atoms with van der Waals surface area (Å²) < 4.78 is 262.